The maximum absolute atomic E-state index is 13.0. The van der Waals surface area contributed by atoms with Gasteiger partial charge in [0.2, 0.25) is 10.0 Å². The Hall–Kier alpha value is -2.13. The molecule has 28 heavy (non-hydrogen) atoms. The molecule has 0 radical (unpaired) electrons. The second-order valence-corrected chi connectivity index (χ2v) is 8.73. The fraction of sp³-hybridized carbons (Fsp3) is 0.579. The van der Waals surface area contributed by atoms with Crippen LogP contribution in [0.25, 0.3) is 0 Å². The van der Waals surface area contributed by atoms with E-state index in [0.29, 0.717) is 17.7 Å². The molecule has 8 nitrogen and oxygen atoms in total. The highest BCUT2D eigenvalue weighted by atomic mass is 32.2. The Morgan fingerprint density at radius 3 is 2.61 bits per heavy atom. The molecule has 1 fully saturated rings. The summed E-state index contributed by atoms with van der Waals surface area (Å²) in [5.74, 6) is -0.382. The molecular weight excluding hydrogens is 382 g/mol. The number of carbonyl (C=O) groups excluding carboxylic acids is 2. The smallest absolute Gasteiger partial charge is 0.407 e. The van der Waals surface area contributed by atoms with Gasteiger partial charge < -0.3 is 15.4 Å². The summed E-state index contributed by atoms with van der Waals surface area (Å²) < 4.78 is 32.3. The Labute approximate surface area is 166 Å². The van der Waals surface area contributed by atoms with Gasteiger partial charge in [-0.25, -0.2) is 13.2 Å². The highest BCUT2D eigenvalue weighted by molar-refractivity contribution is 7.89. The molecule has 2 amide bonds. The van der Waals surface area contributed by atoms with E-state index in [1.807, 2.05) is 6.92 Å². The Morgan fingerprint density at radius 2 is 1.93 bits per heavy atom. The van der Waals surface area contributed by atoms with Crippen molar-refractivity contribution >= 4 is 22.0 Å². The van der Waals surface area contributed by atoms with E-state index in [1.165, 1.54) is 10.4 Å². The third-order valence-corrected chi connectivity index (χ3v) is 6.77. The highest BCUT2D eigenvalue weighted by Gasteiger charge is 2.31. The number of rotatable bonds is 7. The zero-order valence-electron chi connectivity index (χ0n) is 16.7. The minimum absolute atomic E-state index is 0.0497. The summed E-state index contributed by atoms with van der Waals surface area (Å²) in [6, 6.07) is 4.57. The van der Waals surface area contributed by atoms with Crippen molar-refractivity contribution in [2.75, 3.05) is 26.2 Å². The van der Waals surface area contributed by atoms with Crippen LogP contribution >= 0.6 is 0 Å². The van der Waals surface area contributed by atoms with E-state index < -0.39 is 16.1 Å². The second-order valence-electron chi connectivity index (χ2n) is 6.84. The fourth-order valence-electron chi connectivity index (χ4n) is 3.19. The number of sulfonamides is 1. The zero-order valence-corrected chi connectivity index (χ0v) is 17.5. The van der Waals surface area contributed by atoms with Crippen LogP contribution in [0.5, 0.6) is 0 Å². The van der Waals surface area contributed by atoms with Gasteiger partial charge in [0.1, 0.15) is 0 Å². The molecule has 9 heteroatoms. The quantitative estimate of drug-likeness (QED) is 0.668. The Balaban J connectivity index is 2.07. The number of amides is 2. The van der Waals surface area contributed by atoms with Gasteiger partial charge in [0.05, 0.1) is 11.5 Å². The molecule has 2 rings (SSSR count). The molecule has 1 aliphatic heterocycles. The predicted molar refractivity (Wildman–Crippen MR) is 106 cm³/mol. The lowest BCUT2D eigenvalue weighted by Crippen LogP contribution is -2.42. The van der Waals surface area contributed by atoms with E-state index in [2.05, 4.69) is 10.6 Å². The van der Waals surface area contributed by atoms with Gasteiger partial charge in [-0.3, -0.25) is 4.79 Å². The molecule has 1 unspecified atom stereocenters. The summed E-state index contributed by atoms with van der Waals surface area (Å²) in [4.78, 5) is 23.8. The average molecular weight is 412 g/mol. The number of hydrogen-bond donors (Lipinski definition) is 2. The number of benzene rings is 1. The largest absolute Gasteiger partial charge is 0.450 e. The number of carbonyl (C=O) groups is 2. The molecule has 0 bridgehead atoms. The van der Waals surface area contributed by atoms with Crippen LogP contribution in [0.15, 0.2) is 23.1 Å². The van der Waals surface area contributed by atoms with E-state index in [9.17, 15) is 18.0 Å². The van der Waals surface area contributed by atoms with Gasteiger partial charge >= 0.3 is 6.09 Å². The normalized spacial score (nSPS) is 17.8. The Bertz CT molecular complexity index is 810. The fourth-order valence-corrected chi connectivity index (χ4v) is 4.91. The van der Waals surface area contributed by atoms with Crippen molar-refractivity contribution in [3.63, 3.8) is 0 Å². The van der Waals surface area contributed by atoms with Crippen molar-refractivity contribution < 1.29 is 22.7 Å². The molecule has 156 valence electrons. The Kier molecular flexibility index (Phi) is 7.82. The van der Waals surface area contributed by atoms with Crippen LogP contribution in [0.4, 0.5) is 4.79 Å². The third-order valence-electron chi connectivity index (χ3n) is 4.76. The molecular formula is C19H29N3O5S. The van der Waals surface area contributed by atoms with Crippen LogP contribution in [0.3, 0.4) is 0 Å². The van der Waals surface area contributed by atoms with E-state index in [4.69, 9.17) is 4.74 Å². The number of nitrogens with zero attached hydrogens (tertiary/aromatic N) is 1. The number of piperidine rings is 1. The van der Waals surface area contributed by atoms with Crippen LogP contribution in [-0.4, -0.2) is 57.0 Å². The lowest BCUT2D eigenvalue weighted by atomic mass is 10.1. The maximum atomic E-state index is 13.0. The first-order valence-corrected chi connectivity index (χ1v) is 11.0. The van der Waals surface area contributed by atoms with Gasteiger partial charge in [-0.15, -0.1) is 0 Å². The van der Waals surface area contributed by atoms with E-state index in [1.54, 1.807) is 26.0 Å². The van der Waals surface area contributed by atoms with Gasteiger partial charge in [-0.05, 0) is 51.3 Å². The first kappa shape index (κ1) is 22.2. The maximum Gasteiger partial charge on any atom is 0.407 e. The van der Waals surface area contributed by atoms with E-state index >= 15 is 0 Å². The molecule has 0 spiro atoms. The van der Waals surface area contributed by atoms with Crippen LogP contribution in [0, 0.1) is 6.92 Å². The summed E-state index contributed by atoms with van der Waals surface area (Å²) >= 11 is 0. The third kappa shape index (κ3) is 5.45. The number of ether oxygens (including phenoxy) is 1. The molecule has 2 N–H and O–H groups in total. The summed E-state index contributed by atoms with van der Waals surface area (Å²) in [6.07, 6.45) is 2.16. The summed E-state index contributed by atoms with van der Waals surface area (Å²) in [7, 11) is -3.65. The molecule has 1 aromatic carbocycles. The van der Waals surface area contributed by atoms with Crippen molar-refractivity contribution in [1.29, 1.82) is 0 Å². The minimum Gasteiger partial charge on any atom is -0.450 e. The molecule has 1 atom stereocenters. The zero-order chi connectivity index (χ0) is 20.7. The van der Waals surface area contributed by atoms with Gasteiger partial charge in [-0.2, -0.15) is 4.31 Å². The summed E-state index contributed by atoms with van der Waals surface area (Å²) in [6.45, 7) is 6.56. The van der Waals surface area contributed by atoms with Gasteiger partial charge in [0.25, 0.3) is 5.91 Å². The molecule has 0 aliphatic carbocycles. The second kappa shape index (κ2) is 9.88. The van der Waals surface area contributed by atoms with Crippen molar-refractivity contribution in [2.24, 2.45) is 0 Å². The number of hydrogen-bond acceptors (Lipinski definition) is 5. The predicted octanol–water partition coefficient (Wildman–Crippen LogP) is 2.03. The topological polar surface area (TPSA) is 105 Å². The SMILES string of the molecule is CCOC(=O)NCCNC(=O)c1cc(S(=O)(=O)N2CCCCC2C)ccc1C. The molecule has 1 heterocycles. The van der Waals surface area contributed by atoms with Crippen LogP contribution in [-0.2, 0) is 14.8 Å². The summed E-state index contributed by atoms with van der Waals surface area (Å²) in [5, 5.41) is 5.20. The molecule has 1 aromatic rings. The van der Waals surface area contributed by atoms with Crippen molar-refractivity contribution in [3.8, 4) is 0 Å². The van der Waals surface area contributed by atoms with Crippen molar-refractivity contribution in [1.82, 2.24) is 14.9 Å². The standard InChI is InChI=1S/C19H29N3O5S/c1-4-27-19(24)21-11-10-20-18(23)17-13-16(9-8-14(17)2)28(25,26)22-12-6-5-7-15(22)3/h8-9,13,15H,4-7,10-12H2,1-3H3,(H,20,23)(H,21,24). The molecule has 1 aliphatic rings. The molecule has 1 saturated heterocycles. The van der Waals surface area contributed by atoms with Crippen LogP contribution < -0.4 is 10.6 Å². The summed E-state index contributed by atoms with van der Waals surface area (Å²) in [5.41, 5.74) is 0.989. The lowest BCUT2D eigenvalue weighted by molar-refractivity contribution is 0.0951. The van der Waals surface area contributed by atoms with Crippen LogP contribution in [0.2, 0.25) is 0 Å². The molecule has 0 saturated carbocycles. The van der Waals surface area contributed by atoms with Gasteiger partial charge in [0, 0.05) is 31.2 Å². The van der Waals surface area contributed by atoms with E-state index in [0.717, 1.165) is 19.3 Å². The monoisotopic (exact) mass is 411 g/mol. The van der Waals surface area contributed by atoms with Crippen LogP contribution in [0.1, 0.15) is 49.0 Å². The Morgan fingerprint density at radius 1 is 1.21 bits per heavy atom. The van der Waals surface area contributed by atoms with Gasteiger partial charge in [0.15, 0.2) is 0 Å². The molecule has 0 aromatic heterocycles. The van der Waals surface area contributed by atoms with Crippen molar-refractivity contribution in [3.05, 3.63) is 29.3 Å². The first-order chi connectivity index (χ1) is 13.3. The lowest BCUT2D eigenvalue weighted by Gasteiger charge is -2.32. The first-order valence-electron chi connectivity index (χ1n) is 9.58. The van der Waals surface area contributed by atoms with Crippen molar-refractivity contribution in [2.45, 2.75) is 51.0 Å². The minimum atomic E-state index is -3.65. The average Bonchev–Trinajstić information content (AvgIpc) is 2.65. The van der Waals surface area contributed by atoms with Gasteiger partial charge in [-0.1, -0.05) is 12.5 Å². The number of alkyl carbamates (subject to hydrolysis) is 1. The number of nitrogens with one attached hydrogen (secondary N) is 2. The highest BCUT2D eigenvalue weighted by Crippen LogP contribution is 2.26. The number of aryl methyl sites for hydroxylation is 1. The van der Waals surface area contributed by atoms with E-state index in [-0.39, 0.29) is 36.5 Å².